The minimum Gasteiger partial charge on any atom is -0.330 e. The molecule has 2 rings (SSSR count). The molecule has 1 heterocycles. The summed E-state index contributed by atoms with van der Waals surface area (Å²) in [6, 6.07) is 11.0. The van der Waals surface area contributed by atoms with Crippen LogP contribution in [-0.2, 0) is 16.4 Å². The Balaban J connectivity index is 2.18. The van der Waals surface area contributed by atoms with Crippen LogP contribution >= 0.6 is 11.3 Å². The Hall–Kier alpha value is -1.21. The van der Waals surface area contributed by atoms with Gasteiger partial charge >= 0.3 is 0 Å². The molecule has 0 saturated carbocycles. The lowest BCUT2D eigenvalue weighted by molar-refractivity contribution is 0.568. The minimum absolute atomic E-state index is 0.267. The van der Waals surface area contributed by atoms with Crippen molar-refractivity contribution in [1.82, 2.24) is 4.72 Å². The van der Waals surface area contributed by atoms with Gasteiger partial charge in [0.15, 0.2) is 0 Å². The summed E-state index contributed by atoms with van der Waals surface area (Å²) in [5.41, 5.74) is 7.55. The maximum atomic E-state index is 12.4. The number of hydrogen-bond donors (Lipinski definition) is 2. The average molecular weight is 324 g/mol. The molecular formula is C15H20N2O2S2. The van der Waals surface area contributed by atoms with Crippen molar-refractivity contribution >= 4 is 21.4 Å². The van der Waals surface area contributed by atoms with Crippen LogP contribution in [0.3, 0.4) is 0 Å². The molecule has 3 N–H and O–H groups in total. The van der Waals surface area contributed by atoms with Gasteiger partial charge in [-0.2, -0.15) is 0 Å². The quantitative estimate of drug-likeness (QED) is 0.858. The Labute approximate surface area is 130 Å². The zero-order valence-corrected chi connectivity index (χ0v) is 13.8. The van der Waals surface area contributed by atoms with Gasteiger partial charge in [0.05, 0.1) is 0 Å². The van der Waals surface area contributed by atoms with Gasteiger partial charge in [0, 0.05) is 10.9 Å². The highest BCUT2D eigenvalue weighted by atomic mass is 32.2. The van der Waals surface area contributed by atoms with Crippen LogP contribution in [0.5, 0.6) is 0 Å². The van der Waals surface area contributed by atoms with Crippen LogP contribution in [0.15, 0.2) is 40.6 Å². The van der Waals surface area contributed by atoms with E-state index in [9.17, 15) is 8.42 Å². The van der Waals surface area contributed by atoms with Crippen molar-refractivity contribution in [3.63, 3.8) is 0 Å². The highest BCUT2D eigenvalue weighted by molar-refractivity contribution is 7.91. The highest BCUT2D eigenvalue weighted by Crippen LogP contribution is 2.24. The second-order valence-electron chi connectivity index (χ2n) is 4.96. The summed E-state index contributed by atoms with van der Waals surface area (Å²) < 4.78 is 27.9. The van der Waals surface area contributed by atoms with Gasteiger partial charge in [-0.05, 0) is 50.1 Å². The van der Waals surface area contributed by atoms with E-state index in [0.29, 0.717) is 17.2 Å². The lowest BCUT2D eigenvalue weighted by atomic mass is 10.0. The molecular weight excluding hydrogens is 304 g/mol. The fourth-order valence-electron chi connectivity index (χ4n) is 2.21. The van der Waals surface area contributed by atoms with Gasteiger partial charge < -0.3 is 5.73 Å². The van der Waals surface area contributed by atoms with Crippen molar-refractivity contribution in [3.8, 4) is 0 Å². The van der Waals surface area contributed by atoms with E-state index in [0.717, 1.165) is 16.0 Å². The summed E-state index contributed by atoms with van der Waals surface area (Å²) in [5.74, 6) is 0. The minimum atomic E-state index is -3.49. The summed E-state index contributed by atoms with van der Waals surface area (Å²) in [6.07, 6.45) is 0.702. The maximum absolute atomic E-state index is 12.4. The predicted octanol–water partition coefficient (Wildman–Crippen LogP) is 2.60. The first-order valence-corrected chi connectivity index (χ1v) is 9.10. The molecule has 1 aromatic carbocycles. The van der Waals surface area contributed by atoms with Crippen molar-refractivity contribution in [3.05, 3.63) is 52.4 Å². The topological polar surface area (TPSA) is 72.2 Å². The third-order valence-electron chi connectivity index (χ3n) is 3.28. The van der Waals surface area contributed by atoms with Gasteiger partial charge in [0.1, 0.15) is 4.21 Å². The molecule has 0 saturated heterocycles. The average Bonchev–Trinajstić information content (AvgIpc) is 2.88. The van der Waals surface area contributed by atoms with Gasteiger partial charge in [-0.3, -0.25) is 0 Å². The van der Waals surface area contributed by atoms with Crippen LogP contribution < -0.4 is 10.5 Å². The molecule has 21 heavy (non-hydrogen) atoms. The number of aryl methyl sites for hydroxylation is 1. The third-order valence-corrected chi connectivity index (χ3v) is 6.46. The van der Waals surface area contributed by atoms with Crippen molar-refractivity contribution in [2.75, 3.05) is 6.54 Å². The molecule has 1 aromatic heterocycles. The van der Waals surface area contributed by atoms with Crippen LogP contribution in [0.25, 0.3) is 0 Å². The molecule has 0 aliphatic carbocycles. The molecule has 0 radical (unpaired) electrons. The third kappa shape index (κ3) is 3.91. The van der Waals surface area contributed by atoms with E-state index in [4.69, 9.17) is 5.73 Å². The summed E-state index contributed by atoms with van der Waals surface area (Å²) in [5, 5.41) is 0. The second-order valence-corrected chi connectivity index (χ2v) is 8.07. The van der Waals surface area contributed by atoms with Crippen LogP contribution in [0.2, 0.25) is 0 Å². The van der Waals surface area contributed by atoms with Crippen molar-refractivity contribution in [2.45, 2.75) is 30.5 Å². The number of thiophene rings is 1. The Kier molecular flexibility index (Phi) is 5.16. The largest absolute Gasteiger partial charge is 0.330 e. The number of benzene rings is 1. The van der Waals surface area contributed by atoms with Crippen LogP contribution in [-0.4, -0.2) is 15.0 Å². The van der Waals surface area contributed by atoms with E-state index >= 15 is 0 Å². The van der Waals surface area contributed by atoms with Gasteiger partial charge in [-0.25, -0.2) is 13.1 Å². The molecule has 2 aromatic rings. The molecule has 0 aliphatic heterocycles. The number of nitrogens with one attached hydrogen (secondary N) is 1. The maximum Gasteiger partial charge on any atom is 0.250 e. The standard InChI is InChI=1S/C15H20N2O2S2/c1-11-5-3-4-6-14(11)12(2)17-21(18,19)15-8-7-13(20-15)9-10-16/h3-8,12,17H,9-10,16H2,1-2H3. The van der Waals surface area contributed by atoms with Gasteiger partial charge in [-0.15, -0.1) is 11.3 Å². The summed E-state index contributed by atoms with van der Waals surface area (Å²) in [6.45, 7) is 4.35. The number of rotatable bonds is 6. The molecule has 1 unspecified atom stereocenters. The number of sulfonamides is 1. The molecule has 0 amide bonds. The molecule has 0 aliphatic rings. The zero-order chi connectivity index (χ0) is 15.5. The second kappa shape index (κ2) is 6.70. The van der Waals surface area contributed by atoms with Gasteiger partial charge in [0.25, 0.3) is 10.0 Å². The van der Waals surface area contributed by atoms with E-state index in [2.05, 4.69) is 4.72 Å². The predicted molar refractivity (Wildman–Crippen MR) is 87.0 cm³/mol. The van der Waals surface area contributed by atoms with E-state index < -0.39 is 10.0 Å². The van der Waals surface area contributed by atoms with Crippen molar-refractivity contribution < 1.29 is 8.42 Å². The number of nitrogens with two attached hydrogens (primary N) is 1. The van der Waals surface area contributed by atoms with E-state index in [1.807, 2.05) is 44.2 Å². The SMILES string of the molecule is Cc1ccccc1C(C)NS(=O)(=O)c1ccc(CCN)s1. The Morgan fingerprint density at radius 3 is 2.62 bits per heavy atom. The van der Waals surface area contributed by atoms with Crippen LogP contribution in [0.4, 0.5) is 0 Å². The molecule has 0 bridgehead atoms. The van der Waals surface area contributed by atoms with Crippen molar-refractivity contribution in [1.29, 1.82) is 0 Å². The summed E-state index contributed by atoms with van der Waals surface area (Å²) in [4.78, 5) is 0.987. The summed E-state index contributed by atoms with van der Waals surface area (Å²) in [7, 11) is -3.49. The first-order chi connectivity index (χ1) is 9.94. The number of hydrogen-bond acceptors (Lipinski definition) is 4. The van der Waals surface area contributed by atoms with E-state index in [1.165, 1.54) is 11.3 Å². The zero-order valence-electron chi connectivity index (χ0n) is 12.2. The highest BCUT2D eigenvalue weighted by Gasteiger charge is 2.21. The lowest BCUT2D eigenvalue weighted by Crippen LogP contribution is -2.26. The Morgan fingerprint density at radius 1 is 1.24 bits per heavy atom. The van der Waals surface area contributed by atoms with E-state index in [1.54, 1.807) is 6.07 Å². The Morgan fingerprint density at radius 2 is 1.95 bits per heavy atom. The smallest absolute Gasteiger partial charge is 0.250 e. The first-order valence-electron chi connectivity index (χ1n) is 6.80. The molecule has 0 fully saturated rings. The molecule has 0 spiro atoms. The molecule has 4 nitrogen and oxygen atoms in total. The molecule has 6 heteroatoms. The molecule has 114 valence electrons. The normalized spacial score (nSPS) is 13.3. The Bertz CT molecular complexity index is 708. The summed E-state index contributed by atoms with van der Waals surface area (Å²) >= 11 is 1.28. The van der Waals surface area contributed by atoms with Gasteiger partial charge in [0.2, 0.25) is 0 Å². The lowest BCUT2D eigenvalue weighted by Gasteiger charge is -2.16. The fraction of sp³-hybridized carbons (Fsp3) is 0.333. The van der Waals surface area contributed by atoms with E-state index in [-0.39, 0.29) is 6.04 Å². The fourth-order valence-corrected chi connectivity index (χ4v) is 4.82. The van der Waals surface area contributed by atoms with Crippen LogP contribution in [0, 0.1) is 6.92 Å². The molecule has 1 atom stereocenters. The van der Waals surface area contributed by atoms with Crippen LogP contribution in [0.1, 0.15) is 29.0 Å². The first kappa shape index (κ1) is 16.2. The van der Waals surface area contributed by atoms with Crippen molar-refractivity contribution in [2.24, 2.45) is 5.73 Å². The van der Waals surface area contributed by atoms with Gasteiger partial charge in [-0.1, -0.05) is 24.3 Å². The monoisotopic (exact) mass is 324 g/mol.